The Morgan fingerprint density at radius 3 is 2.56 bits per heavy atom. The molecule has 1 fully saturated rings. The molecule has 1 saturated heterocycles. The van der Waals surface area contributed by atoms with E-state index in [2.05, 4.69) is 33.0 Å². The molecule has 1 aliphatic rings. The molecule has 1 unspecified atom stereocenters. The van der Waals surface area contributed by atoms with Crippen molar-refractivity contribution in [2.45, 2.75) is 26.3 Å². The van der Waals surface area contributed by atoms with Gasteiger partial charge in [-0.25, -0.2) is 0 Å². The Hall–Kier alpha value is -0.880. The van der Waals surface area contributed by atoms with Crippen molar-refractivity contribution in [3.05, 3.63) is 0 Å². The van der Waals surface area contributed by atoms with Gasteiger partial charge in [-0.15, -0.1) is 0 Å². The number of rotatable bonds is 3. The highest BCUT2D eigenvalue weighted by Crippen LogP contribution is 2.20. The van der Waals surface area contributed by atoms with E-state index in [1.165, 1.54) is 18.0 Å². The van der Waals surface area contributed by atoms with E-state index in [4.69, 9.17) is 5.73 Å². The maximum absolute atomic E-state index is 5.53. The zero-order valence-electron chi connectivity index (χ0n) is 9.89. The summed E-state index contributed by atoms with van der Waals surface area (Å²) in [6, 6.07) is 0.682. The third-order valence-corrected chi connectivity index (χ3v) is 4.02. The molecule has 0 saturated carbocycles. The molecule has 5 nitrogen and oxygen atoms in total. The Labute approximate surface area is 100 Å². The molecule has 2 rings (SSSR count). The van der Waals surface area contributed by atoms with E-state index in [1.54, 1.807) is 0 Å². The van der Waals surface area contributed by atoms with Crippen molar-refractivity contribution in [1.29, 1.82) is 0 Å². The number of nitrogen functional groups attached to an aromatic ring is 1. The van der Waals surface area contributed by atoms with Crippen LogP contribution in [0.1, 0.15) is 20.3 Å². The summed E-state index contributed by atoms with van der Waals surface area (Å²) in [5.74, 6) is 0.393. The smallest absolute Gasteiger partial charge is 0.233 e. The summed E-state index contributed by atoms with van der Waals surface area (Å²) in [7, 11) is 0. The second kappa shape index (κ2) is 4.97. The maximum Gasteiger partial charge on any atom is 0.233 e. The summed E-state index contributed by atoms with van der Waals surface area (Å²) in [5, 5.41) is 0.960. The lowest BCUT2D eigenvalue weighted by atomic mass is 10.2. The fraction of sp³-hybridized carbons (Fsp3) is 0.800. The Bertz CT molecular complexity index is 332. The predicted octanol–water partition coefficient (Wildman–Crippen LogP) is 1.04. The van der Waals surface area contributed by atoms with Gasteiger partial charge >= 0.3 is 0 Å². The Morgan fingerprint density at radius 1 is 1.38 bits per heavy atom. The first kappa shape index (κ1) is 11.6. The molecule has 16 heavy (non-hydrogen) atoms. The van der Waals surface area contributed by atoms with Gasteiger partial charge in [0, 0.05) is 43.8 Å². The van der Waals surface area contributed by atoms with Crippen LogP contribution in [-0.2, 0) is 0 Å². The molecule has 0 spiro atoms. The summed E-state index contributed by atoms with van der Waals surface area (Å²) < 4.78 is 4.02. The first-order chi connectivity index (χ1) is 7.70. The van der Waals surface area contributed by atoms with Crippen LogP contribution >= 0.6 is 11.5 Å². The third-order valence-electron chi connectivity index (χ3n) is 3.23. The van der Waals surface area contributed by atoms with Crippen molar-refractivity contribution in [2.75, 3.05) is 36.8 Å². The average molecular weight is 241 g/mol. The van der Waals surface area contributed by atoms with Gasteiger partial charge in [-0.3, -0.25) is 4.90 Å². The molecule has 90 valence electrons. The first-order valence-corrected chi connectivity index (χ1v) is 6.56. The molecular weight excluding hydrogens is 222 g/mol. The van der Waals surface area contributed by atoms with Crippen LogP contribution in [0.25, 0.3) is 0 Å². The molecule has 0 aromatic carbocycles. The largest absolute Gasteiger partial charge is 0.367 e. The van der Waals surface area contributed by atoms with E-state index < -0.39 is 0 Å². The van der Waals surface area contributed by atoms with E-state index in [-0.39, 0.29) is 0 Å². The van der Waals surface area contributed by atoms with Gasteiger partial charge in [0.1, 0.15) is 0 Å². The fourth-order valence-corrected chi connectivity index (χ4v) is 2.62. The SMILES string of the molecule is CCC(C)N1CCN(c2nc(N)ns2)CC1. The lowest BCUT2D eigenvalue weighted by Gasteiger charge is -2.37. The van der Waals surface area contributed by atoms with Gasteiger partial charge in [-0.1, -0.05) is 6.92 Å². The molecule has 0 amide bonds. The van der Waals surface area contributed by atoms with Crippen LogP contribution in [0.15, 0.2) is 0 Å². The van der Waals surface area contributed by atoms with E-state index in [0.29, 0.717) is 12.0 Å². The number of hydrogen-bond donors (Lipinski definition) is 1. The minimum Gasteiger partial charge on any atom is -0.367 e. The van der Waals surface area contributed by atoms with Gasteiger partial charge in [-0.05, 0) is 13.3 Å². The second-order valence-corrected chi connectivity index (χ2v) is 4.95. The molecule has 0 radical (unpaired) electrons. The lowest BCUT2D eigenvalue weighted by molar-refractivity contribution is 0.193. The summed E-state index contributed by atoms with van der Waals surface area (Å²) in [4.78, 5) is 9.02. The molecule has 1 atom stereocenters. The van der Waals surface area contributed by atoms with Crippen LogP contribution in [0.3, 0.4) is 0 Å². The van der Waals surface area contributed by atoms with Gasteiger partial charge in [0.25, 0.3) is 0 Å². The normalized spacial score (nSPS) is 20.0. The molecule has 0 bridgehead atoms. The molecule has 1 aromatic heterocycles. The standard InChI is InChI=1S/C10H19N5S/c1-3-8(2)14-4-6-15(7-5-14)10-12-9(11)13-16-10/h8H,3-7H2,1-2H3,(H2,11,13). The summed E-state index contributed by atoms with van der Waals surface area (Å²) >= 11 is 1.39. The van der Waals surface area contributed by atoms with E-state index in [9.17, 15) is 0 Å². The zero-order valence-corrected chi connectivity index (χ0v) is 10.7. The maximum atomic E-state index is 5.53. The molecule has 6 heteroatoms. The number of nitrogens with zero attached hydrogens (tertiary/aromatic N) is 4. The van der Waals surface area contributed by atoms with Gasteiger partial charge in [0.15, 0.2) is 0 Å². The van der Waals surface area contributed by atoms with Gasteiger partial charge in [0.05, 0.1) is 0 Å². The van der Waals surface area contributed by atoms with Crippen molar-refractivity contribution in [1.82, 2.24) is 14.3 Å². The molecule has 0 aliphatic carbocycles. The molecule has 2 N–H and O–H groups in total. The number of nitrogens with two attached hydrogens (primary N) is 1. The highest BCUT2D eigenvalue weighted by atomic mass is 32.1. The minimum absolute atomic E-state index is 0.393. The number of aromatic nitrogens is 2. The first-order valence-electron chi connectivity index (χ1n) is 5.79. The van der Waals surface area contributed by atoms with Crippen molar-refractivity contribution >= 4 is 22.6 Å². The number of piperazine rings is 1. The van der Waals surface area contributed by atoms with Crippen molar-refractivity contribution in [3.8, 4) is 0 Å². The van der Waals surface area contributed by atoms with Crippen LogP contribution in [0.5, 0.6) is 0 Å². The van der Waals surface area contributed by atoms with E-state index in [0.717, 1.165) is 31.3 Å². The summed E-state index contributed by atoms with van der Waals surface area (Å²) in [6.45, 7) is 8.79. The quantitative estimate of drug-likeness (QED) is 0.857. The molecule has 2 heterocycles. The average Bonchev–Trinajstić information content (AvgIpc) is 2.75. The van der Waals surface area contributed by atoms with Crippen LogP contribution in [0.2, 0.25) is 0 Å². The number of anilines is 2. The highest BCUT2D eigenvalue weighted by molar-refractivity contribution is 7.09. The monoisotopic (exact) mass is 241 g/mol. The van der Waals surface area contributed by atoms with Crippen LogP contribution < -0.4 is 10.6 Å². The fourth-order valence-electron chi connectivity index (χ4n) is 1.97. The third kappa shape index (κ3) is 2.44. The minimum atomic E-state index is 0.393. The zero-order chi connectivity index (χ0) is 11.5. The van der Waals surface area contributed by atoms with Gasteiger partial charge < -0.3 is 10.6 Å². The molecule has 1 aliphatic heterocycles. The Kier molecular flexibility index (Phi) is 3.60. The summed E-state index contributed by atoms with van der Waals surface area (Å²) in [6.07, 6.45) is 1.21. The van der Waals surface area contributed by atoms with E-state index >= 15 is 0 Å². The van der Waals surface area contributed by atoms with E-state index in [1.807, 2.05) is 0 Å². The van der Waals surface area contributed by atoms with Crippen molar-refractivity contribution in [3.63, 3.8) is 0 Å². The molecular formula is C10H19N5S. The molecule has 1 aromatic rings. The Morgan fingerprint density at radius 2 is 2.06 bits per heavy atom. The second-order valence-electron chi connectivity index (χ2n) is 4.22. The summed E-state index contributed by atoms with van der Waals surface area (Å²) in [5.41, 5.74) is 5.53. The van der Waals surface area contributed by atoms with Gasteiger partial charge in [-0.2, -0.15) is 9.36 Å². The van der Waals surface area contributed by atoms with Crippen LogP contribution in [0.4, 0.5) is 11.1 Å². The lowest BCUT2D eigenvalue weighted by Crippen LogP contribution is -2.49. The number of hydrogen-bond acceptors (Lipinski definition) is 6. The highest BCUT2D eigenvalue weighted by Gasteiger charge is 2.21. The predicted molar refractivity (Wildman–Crippen MR) is 67.9 cm³/mol. The van der Waals surface area contributed by atoms with Crippen molar-refractivity contribution < 1.29 is 0 Å². The Balaban J connectivity index is 1.90. The van der Waals surface area contributed by atoms with Crippen LogP contribution in [0, 0.1) is 0 Å². The topological polar surface area (TPSA) is 58.3 Å². The van der Waals surface area contributed by atoms with Crippen LogP contribution in [-0.4, -0.2) is 46.5 Å². The van der Waals surface area contributed by atoms with Gasteiger partial charge in [0.2, 0.25) is 11.1 Å². The van der Waals surface area contributed by atoms with Crippen molar-refractivity contribution in [2.24, 2.45) is 0 Å².